The summed E-state index contributed by atoms with van der Waals surface area (Å²) in [6.45, 7) is 1.65. The third-order valence-electron chi connectivity index (χ3n) is 3.71. The minimum Gasteiger partial charge on any atom is -0.363 e. The molecule has 0 aromatic carbocycles. The molecule has 1 fully saturated rings. The Morgan fingerprint density at radius 2 is 1.61 bits per heavy atom. The van der Waals surface area contributed by atoms with Crippen molar-refractivity contribution in [1.82, 2.24) is 14.9 Å². The fourth-order valence-corrected chi connectivity index (χ4v) is 2.96. The predicted octanol–water partition coefficient (Wildman–Crippen LogP) is 2.77. The highest BCUT2D eigenvalue weighted by Crippen LogP contribution is 2.42. The average molecular weight is 243 g/mol. The number of aromatic nitrogens is 2. The predicted molar refractivity (Wildman–Crippen MR) is 68.8 cm³/mol. The molecule has 3 rings (SSSR count). The molecule has 2 aromatic rings. The Morgan fingerprint density at radius 1 is 1.11 bits per heavy atom. The number of carbonyl (C=O) groups is 1. The number of nitrogens with one attached hydrogen (secondary N) is 2. The second kappa shape index (κ2) is 4.37. The van der Waals surface area contributed by atoms with Crippen molar-refractivity contribution in [2.24, 2.45) is 0 Å². The van der Waals surface area contributed by atoms with Gasteiger partial charge >= 0.3 is 0 Å². The van der Waals surface area contributed by atoms with Crippen molar-refractivity contribution >= 4 is 5.91 Å². The third kappa shape index (κ3) is 1.74. The van der Waals surface area contributed by atoms with Gasteiger partial charge in [-0.1, -0.05) is 0 Å². The summed E-state index contributed by atoms with van der Waals surface area (Å²) in [5, 5.41) is 0. The van der Waals surface area contributed by atoms with Crippen molar-refractivity contribution in [3.05, 3.63) is 48.0 Å². The van der Waals surface area contributed by atoms with Gasteiger partial charge in [-0.15, -0.1) is 0 Å². The Bertz CT molecular complexity index is 473. The van der Waals surface area contributed by atoms with E-state index in [9.17, 15) is 4.79 Å². The zero-order valence-corrected chi connectivity index (χ0v) is 10.4. The molecule has 0 aliphatic carbocycles. The molecule has 4 nitrogen and oxygen atoms in total. The average Bonchev–Trinajstić information content (AvgIpc) is 3.10. The molecule has 2 unspecified atom stereocenters. The Kier molecular flexibility index (Phi) is 2.70. The number of amides is 1. The van der Waals surface area contributed by atoms with Crippen LogP contribution in [0.5, 0.6) is 0 Å². The van der Waals surface area contributed by atoms with Crippen LogP contribution in [0.1, 0.15) is 43.2 Å². The van der Waals surface area contributed by atoms with Crippen LogP contribution in [0.4, 0.5) is 0 Å². The van der Waals surface area contributed by atoms with Gasteiger partial charge in [-0.25, -0.2) is 0 Å². The number of aromatic amines is 2. The van der Waals surface area contributed by atoms with E-state index in [1.165, 1.54) is 0 Å². The minimum absolute atomic E-state index is 0.131. The molecule has 2 aromatic heterocycles. The Balaban J connectivity index is 1.93. The van der Waals surface area contributed by atoms with Crippen LogP contribution in [0, 0.1) is 0 Å². The normalized spacial score (nSPS) is 23.5. The van der Waals surface area contributed by atoms with Gasteiger partial charge in [0, 0.05) is 30.7 Å². The number of H-pyrrole nitrogens is 2. The van der Waals surface area contributed by atoms with Crippen LogP contribution in [0.25, 0.3) is 0 Å². The van der Waals surface area contributed by atoms with Gasteiger partial charge in [-0.3, -0.25) is 4.79 Å². The molecule has 2 N–H and O–H groups in total. The van der Waals surface area contributed by atoms with E-state index in [0.717, 1.165) is 24.2 Å². The lowest BCUT2D eigenvalue weighted by Crippen LogP contribution is -2.31. The molecule has 0 saturated carbocycles. The maximum absolute atomic E-state index is 12.0. The fraction of sp³-hybridized carbons (Fsp3) is 0.357. The highest BCUT2D eigenvalue weighted by atomic mass is 16.2. The van der Waals surface area contributed by atoms with Crippen LogP contribution in [0.3, 0.4) is 0 Å². The first-order valence-electron chi connectivity index (χ1n) is 6.33. The van der Waals surface area contributed by atoms with Gasteiger partial charge in [0.05, 0.1) is 12.1 Å². The van der Waals surface area contributed by atoms with Gasteiger partial charge in [-0.05, 0) is 37.1 Å². The fourth-order valence-electron chi connectivity index (χ4n) is 2.96. The third-order valence-corrected chi connectivity index (χ3v) is 3.71. The summed E-state index contributed by atoms with van der Waals surface area (Å²) >= 11 is 0. The highest BCUT2D eigenvalue weighted by molar-refractivity contribution is 5.74. The first kappa shape index (κ1) is 11.1. The van der Waals surface area contributed by atoms with E-state index in [1.807, 2.05) is 29.4 Å². The zero-order valence-electron chi connectivity index (χ0n) is 10.4. The largest absolute Gasteiger partial charge is 0.363 e. The lowest BCUT2D eigenvalue weighted by Gasteiger charge is -2.28. The molecule has 4 heteroatoms. The smallest absolute Gasteiger partial charge is 0.220 e. The van der Waals surface area contributed by atoms with Crippen LogP contribution in [0.2, 0.25) is 0 Å². The Labute approximate surface area is 106 Å². The topological polar surface area (TPSA) is 51.9 Å². The monoisotopic (exact) mass is 243 g/mol. The van der Waals surface area contributed by atoms with Gasteiger partial charge in [0.15, 0.2) is 0 Å². The summed E-state index contributed by atoms with van der Waals surface area (Å²) in [5.74, 6) is 0.131. The molecule has 3 heterocycles. The van der Waals surface area contributed by atoms with Crippen LogP contribution >= 0.6 is 0 Å². The van der Waals surface area contributed by atoms with E-state index in [1.54, 1.807) is 6.92 Å². The summed E-state index contributed by atoms with van der Waals surface area (Å²) in [6, 6.07) is 8.41. The Hall–Kier alpha value is -1.97. The molecule has 1 aliphatic heterocycles. The summed E-state index contributed by atoms with van der Waals surface area (Å²) in [4.78, 5) is 20.4. The zero-order chi connectivity index (χ0) is 12.5. The SMILES string of the molecule is CC(=O)N1C(c2ccc[nH]2)CCC1c1ccc[nH]1. The number of carbonyl (C=O) groups excluding carboxylic acids is 1. The first-order chi connectivity index (χ1) is 8.77. The number of hydrogen-bond acceptors (Lipinski definition) is 1. The number of hydrogen-bond donors (Lipinski definition) is 2. The standard InChI is InChI=1S/C14H17N3O/c1-10(18)17-13(11-4-2-8-15-11)6-7-14(17)12-5-3-9-16-12/h2-5,8-9,13-16H,6-7H2,1H3. The molecule has 94 valence electrons. The van der Waals surface area contributed by atoms with E-state index >= 15 is 0 Å². The lowest BCUT2D eigenvalue weighted by atomic mass is 10.1. The first-order valence-corrected chi connectivity index (χ1v) is 6.33. The van der Waals surface area contributed by atoms with E-state index in [-0.39, 0.29) is 18.0 Å². The van der Waals surface area contributed by atoms with Crippen molar-refractivity contribution < 1.29 is 4.79 Å². The van der Waals surface area contributed by atoms with Gasteiger partial charge in [-0.2, -0.15) is 0 Å². The van der Waals surface area contributed by atoms with Gasteiger partial charge in [0.25, 0.3) is 0 Å². The molecule has 0 radical (unpaired) electrons. The summed E-state index contributed by atoms with van der Waals surface area (Å²) in [5.41, 5.74) is 2.25. The second-order valence-electron chi connectivity index (χ2n) is 4.79. The van der Waals surface area contributed by atoms with Crippen molar-refractivity contribution in [3.8, 4) is 0 Å². The molecular weight excluding hydrogens is 226 g/mol. The highest BCUT2D eigenvalue weighted by Gasteiger charge is 2.37. The van der Waals surface area contributed by atoms with Crippen LogP contribution in [-0.2, 0) is 4.79 Å². The van der Waals surface area contributed by atoms with E-state index in [0.29, 0.717) is 0 Å². The van der Waals surface area contributed by atoms with Crippen LogP contribution in [0.15, 0.2) is 36.7 Å². The number of nitrogens with zero attached hydrogens (tertiary/aromatic N) is 1. The molecular formula is C14H17N3O. The molecule has 18 heavy (non-hydrogen) atoms. The van der Waals surface area contributed by atoms with Crippen molar-refractivity contribution in [3.63, 3.8) is 0 Å². The molecule has 0 spiro atoms. The molecule has 0 bridgehead atoms. The van der Waals surface area contributed by atoms with Crippen LogP contribution < -0.4 is 0 Å². The molecule has 1 aliphatic rings. The maximum Gasteiger partial charge on any atom is 0.220 e. The summed E-state index contributed by atoms with van der Waals surface area (Å²) in [7, 11) is 0. The maximum atomic E-state index is 12.0. The second-order valence-corrected chi connectivity index (χ2v) is 4.79. The summed E-state index contributed by atoms with van der Waals surface area (Å²) < 4.78 is 0. The van der Waals surface area contributed by atoms with Gasteiger partial charge in [0.2, 0.25) is 5.91 Å². The molecule has 1 saturated heterocycles. The van der Waals surface area contributed by atoms with Gasteiger partial charge in [0.1, 0.15) is 0 Å². The van der Waals surface area contributed by atoms with E-state index in [2.05, 4.69) is 22.1 Å². The van der Waals surface area contributed by atoms with Crippen molar-refractivity contribution in [1.29, 1.82) is 0 Å². The van der Waals surface area contributed by atoms with Crippen LogP contribution in [-0.4, -0.2) is 20.8 Å². The minimum atomic E-state index is 0.131. The van der Waals surface area contributed by atoms with E-state index < -0.39 is 0 Å². The Morgan fingerprint density at radius 3 is 1.94 bits per heavy atom. The quantitative estimate of drug-likeness (QED) is 0.837. The molecule has 1 amide bonds. The van der Waals surface area contributed by atoms with Crippen molar-refractivity contribution in [2.75, 3.05) is 0 Å². The van der Waals surface area contributed by atoms with E-state index in [4.69, 9.17) is 0 Å². The lowest BCUT2D eigenvalue weighted by molar-refractivity contribution is -0.132. The number of rotatable bonds is 2. The molecule has 2 atom stereocenters. The summed E-state index contributed by atoms with van der Waals surface area (Å²) in [6.07, 6.45) is 5.83. The van der Waals surface area contributed by atoms with Crippen molar-refractivity contribution in [2.45, 2.75) is 31.8 Å². The number of likely N-dealkylation sites (tertiary alicyclic amines) is 1. The van der Waals surface area contributed by atoms with Gasteiger partial charge < -0.3 is 14.9 Å².